The van der Waals surface area contributed by atoms with E-state index in [1.807, 2.05) is 0 Å². The van der Waals surface area contributed by atoms with Crippen LogP contribution < -0.4 is 4.90 Å². The van der Waals surface area contributed by atoms with Crippen LogP contribution in [-0.2, 0) is 23.2 Å². The molecule has 0 unspecified atom stereocenters. The van der Waals surface area contributed by atoms with E-state index in [-0.39, 0.29) is 18.9 Å². The lowest BCUT2D eigenvalue weighted by atomic mass is 9.99. The third kappa shape index (κ3) is 2.94. The van der Waals surface area contributed by atoms with Crippen molar-refractivity contribution in [2.75, 3.05) is 18.1 Å². The van der Waals surface area contributed by atoms with Crippen LogP contribution >= 0.6 is 7.60 Å². The summed E-state index contributed by atoms with van der Waals surface area (Å²) in [7, 11) is -3.68. The molecule has 1 aromatic rings. The summed E-state index contributed by atoms with van der Waals surface area (Å²) in [4.78, 5) is 30.6. The van der Waals surface area contributed by atoms with Gasteiger partial charge in [-0.15, -0.1) is 0 Å². The molecule has 0 N–H and O–H groups in total. The van der Waals surface area contributed by atoms with E-state index in [0.29, 0.717) is 0 Å². The molecular formula is C16H18FN2O5P. The van der Waals surface area contributed by atoms with Crippen molar-refractivity contribution in [1.29, 1.82) is 0 Å². The number of aliphatic imine (C=N–C) groups is 1. The van der Waals surface area contributed by atoms with Crippen LogP contribution in [0.4, 0.5) is 10.1 Å². The molecule has 1 fully saturated rings. The number of benzene rings is 1. The van der Waals surface area contributed by atoms with Gasteiger partial charge in [-0.1, -0.05) is 0 Å². The Morgan fingerprint density at radius 1 is 1.12 bits per heavy atom. The van der Waals surface area contributed by atoms with Crippen molar-refractivity contribution in [2.45, 2.75) is 19.6 Å². The fourth-order valence-corrected chi connectivity index (χ4v) is 5.18. The Morgan fingerprint density at radius 3 is 2.28 bits per heavy atom. The van der Waals surface area contributed by atoms with E-state index < -0.39 is 42.8 Å². The van der Waals surface area contributed by atoms with Gasteiger partial charge in [0.2, 0.25) is 11.8 Å². The Bertz CT molecular complexity index is 756. The van der Waals surface area contributed by atoms with Gasteiger partial charge in [0.05, 0.1) is 30.7 Å². The molecule has 2 aliphatic rings. The van der Waals surface area contributed by atoms with Gasteiger partial charge in [-0.25, -0.2) is 9.29 Å². The number of carbonyl (C=O) groups excluding carboxylic acids is 2. The van der Waals surface area contributed by atoms with Crippen LogP contribution in [0.2, 0.25) is 0 Å². The molecular weight excluding hydrogens is 350 g/mol. The normalized spacial score (nSPS) is 25.7. The molecule has 3 rings (SSSR count). The zero-order valence-corrected chi connectivity index (χ0v) is 14.7. The van der Waals surface area contributed by atoms with Crippen LogP contribution in [0.1, 0.15) is 13.8 Å². The van der Waals surface area contributed by atoms with Gasteiger partial charge in [-0.05, 0) is 38.1 Å². The van der Waals surface area contributed by atoms with E-state index in [0.717, 1.165) is 4.90 Å². The summed E-state index contributed by atoms with van der Waals surface area (Å²) in [5, 5.41) is 0. The van der Waals surface area contributed by atoms with Crippen molar-refractivity contribution in [2.24, 2.45) is 16.8 Å². The molecule has 25 heavy (non-hydrogen) atoms. The van der Waals surface area contributed by atoms with Crippen molar-refractivity contribution < 1.29 is 27.6 Å². The first-order chi connectivity index (χ1) is 11.9. The minimum absolute atomic E-state index is 0.129. The lowest BCUT2D eigenvalue weighted by Crippen LogP contribution is -2.33. The highest BCUT2D eigenvalue weighted by atomic mass is 31.2. The third-order valence-corrected chi connectivity index (χ3v) is 6.48. The first-order valence-electron chi connectivity index (χ1n) is 7.98. The number of rotatable bonds is 6. The summed E-state index contributed by atoms with van der Waals surface area (Å²) < 4.78 is 36.7. The second-order valence-electron chi connectivity index (χ2n) is 5.63. The first-order valence-corrected chi connectivity index (χ1v) is 9.59. The molecule has 1 saturated heterocycles. The Hall–Kier alpha value is -1.89. The van der Waals surface area contributed by atoms with Crippen LogP contribution in [0.5, 0.6) is 0 Å². The monoisotopic (exact) mass is 368 g/mol. The fraction of sp³-hybridized carbons (Fsp3) is 0.438. The summed E-state index contributed by atoms with van der Waals surface area (Å²) in [5.74, 6) is -4.31. The maximum Gasteiger partial charge on any atom is 0.355 e. The number of hydrogen-bond acceptors (Lipinski definition) is 6. The summed E-state index contributed by atoms with van der Waals surface area (Å²) in [5.41, 5.74) is 0.264. The number of fused-ring (bicyclic) bond motifs is 1. The molecule has 2 heterocycles. The summed E-state index contributed by atoms with van der Waals surface area (Å²) >= 11 is 0. The predicted octanol–water partition coefficient (Wildman–Crippen LogP) is 2.61. The standard InChI is InChI=1S/C16H18FN2O5P/c1-3-23-25(22,24-4-2)14-13-12(9-18-14)15(20)19(16(13)21)11-7-5-10(17)6-8-11/h5-9,12-14H,3-4H2,1-2H3/t12-,13-,14+/m1/s1. The number of imide groups is 1. The van der Waals surface area contributed by atoms with Crippen LogP contribution in [0, 0.1) is 17.7 Å². The topological polar surface area (TPSA) is 85.3 Å². The van der Waals surface area contributed by atoms with E-state index >= 15 is 0 Å². The lowest BCUT2D eigenvalue weighted by Gasteiger charge is -2.25. The van der Waals surface area contributed by atoms with Crippen LogP contribution in [0.25, 0.3) is 0 Å². The summed E-state index contributed by atoms with van der Waals surface area (Å²) in [6.45, 7) is 3.58. The predicted molar refractivity (Wildman–Crippen MR) is 89.0 cm³/mol. The zero-order valence-electron chi connectivity index (χ0n) is 13.8. The number of carbonyl (C=O) groups is 2. The third-order valence-electron chi connectivity index (χ3n) is 4.15. The molecule has 0 saturated carbocycles. The largest absolute Gasteiger partial charge is 0.355 e. The van der Waals surface area contributed by atoms with Crippen molar-refractivity contribution in [3.63, 3.8) is 0 Å². The molecule has 2 aliphatic heterocycles. The number of amides is 2. The van der Waals surface area contributed by atoms with Gasteiger partial charge >= 0.3 is 7.60 Å². The lowest BCUT2D eigenvalue weighted by molar-refractivity contribution is -0.122. The maximum atomic E-state index is 13.1. The molecule has 1 aromatic carbocycles. The first kappa shape index (κ1) is 17.9. The van der Waals surface area contributed by atoms with Crippen molar-refractivity contribution in [3.8, 4) is 0 Å². The van der Waals surface area contributed by atoms with Gasteiger partial charge in [0, 0.05) is 6.21 Å². The molecule has 0 bridgehead atoms. The minimum Gasteiger partial charge on any atom is -0.307 e. The smallest absolute Gasteiger partial charge is 0.307 e. The number of hydrogen-bond donors (Lipinski definition) is 0. The summed E-state index contributed by atoms with van der Waals surface area (Å²) in [6, 6.07) is 5.04. The van der Waals surface area contributed by atoms with Crippen LogP contribution in [0.15, 0.2) is 29.3 Å². The Labute approximate surface area is 144 Å². The SMILES string of the molecule is CCOP(=O)(OCC)[C@@H]1N=C[C@H]2C(=O)N(c3ccc(F)cc3)C(=O)[C@@H]12. The molecule has 0 aliphatic carbocycles. The van der Waals surface area contributed by atoms with Crippen LogP contribution in [0.3, 0.4) is 0 Å². The quantitative estimate of drug-likeness (QED) is 0.569. The highest BCUT2D eigenvalue weighted by molar-refractivity contribution is 7.54. The van der Waals surface area contributed by atoms with Crippen molar-refractivity contribution in [1.82, 2.24) is 0 Å². The Morgan fingerprint density at radius 2 is 1.72 bits per heavy atom. The van der Waals surface area contributed by atoms with E-state index in [4.69, 9.17) is 9.05 Å². The van der Waals surface area contributed by atoms with E-state index in [2.05, 4.69) is 4.99 Å². The Kier molecular flexibility index (Phi) is 4.86. The van der Waals surface area contributed by atoms with E-state index in [1.54, 1.807) is 13.8 Å². The van der Waals surface area contributed by atoms with Gasteiger partial charge in [0.1, 0.15) is 5.82 Å². The molecule has 134 valence electrons. The zero-order chi connectivity index (χ0) is 18.2. The second-order valence-corrected chi connectivity index (χ2v) is 7.75. The average molecular weight is 368 g/mol. The van der Waals surface area contributed by atoms with Gasteiger partial charge < -0.3 is 9.05 Å². The molecule has 9 heteroatoms. The molecule has 0 radical (unpaired) electrons. The number of halogens is 1. The minimum atomic E-state index is -3.68. The number of anilines is 1. The van der Waals surface area contributed by atoms with E-state index in [1.165, 1.54) is 30.5 Å². The van der Waals surface area contributed by atoms with Crippen molar-refractivity contribution in [3.05, 3.63) is 30.1 Å². The molecule has 0 aromatic heterocycles. The molecule has 2 amide bonds. The molecule has 3 atom stereocenters. The average Bonchev–Trinajstić information content (AvgIpc) is 3.11. The summed E-state index contributed by atoms with van der Waals surface area (Å²) in [6.07, 6.45) is 1.34. The maximum absolute atomic E-state index is 13.1. The number of nitrogens with zero attached hydrogens (tertiary/aromatic N) is 2. The highest BCUT2D eigenvalue weighted by Gasteiger charge is 2.59. The molecule has 0 spiro atoms. The van der Waals surface area contributed by atoms with Gasteiger partial charge in [0.15, 0.2) is 5.78 Å². The highest BCUT2D eigenvalue weighted by Crippen LogP contribution is 2.60. The van der Waals surface area contributed by atoms with Crippen molar-refractivity contribution >= 4 is 31.3 Å². The van der Waals surface area contributed by atoms with Crippen LogP contribution in [-0.4, -0.2) is 37.0 Å². The fourth-order valence-electron chi connectivity index (χ4n) is 3.13. The Balaban J connectivity index is 1.94. The molecule has 7 nitrogen and oxygen atoms in total. The van der Waals surface area contributed by atoms with E-state index in [9.17, 15) is 18.5 Å². The van der Waals surface area contributed by atoms with Gasteiger partial charge in [-0.2, -0.15) is 0 Å². The second kappa shape index (κ2) is 6.78. The van der Waals surface area contributed by atoms with Gasteiger partial charge in [0.25, 0.3) is 0 Å². The van der Waals surface area contributed by atoms with Gasteiger partial charge in [-0.3, -0.25) is 19.1 Å².